The molecule has 7 nitrogen and oxygen atoms in total. The molecular formula is C18H18ClFN2O5S2. The van der Waals surface area contributed by atoms with E-state index in [-0.39, 0.29) is 32.7 Å². The number of rotatable bonds is 5. The number of hydrogen-bond acceptors (Lipinski definition) is 5. The van der Waals surface area contributed by atoms with Crippen LogP contribution in [-0.2, 0) is 19.9 Å². The molecule has 0 aliphatic carbocycles. The van der Waals surface area contributed by atoms with Gasteiger partial charge in [-0.3, -0.25) is 9.52 Å². The third-order valence-corrected chi connectivity index (χ3v) is 8.12. The smallest absolute Gasteiger partial charge is 0.261 e. The molecule has 1 heterocycles. The molecular weight excluding hydrogens is 443 g/mol. The molecule has 1 amide bonds. The number of benzene rings is 2. The molecule has 1 N–H and O–H groups in total. The Kier molecular flexibility index (Phi) is 5.88. The molecule has 0 aromatic heterocycles. The third-order valence-electron chi connectivity index (χ3n) is 4.66. The first-order chi connectivity index (χ1) is 13.5. The average molecular weight is 461 g/mol. The van der Waals surface area contributed by atoms with Crippen molar-refractivity contribution in [1.29, 1.82) is 0 Å². The number of carbonyl (C=O) groups is 1. The molecule has 2 aromatic carbocycles. The van der Waals surface area contributed by atoms with Crippen LogP contribution in [0.1, 0.15) is 16.8 Å². The van der Waals surface area contributed by atoms with Crippen molar-refractivity contribution in [1.82, 2.24) is 4.90 Å². The summed E-state index contributed by atoms with van der Waals surface area (Å²) in [5.74, 6) is -1.11. The van der Waals surface area contributed by atoms with Crippen molar-refractivity contribution < 1.29 is 26.0 Å². The molecule has 0 spiro atoms. The van der Waals surface area contributed by atoms with Crippen LogP contribution in [0, 0.1) is 5.82 Å². The zero-order valence-corrected chi connectivity index (χ0v) is 17.7. The minimum Gasteiger partial charge on any atom is -0.338 e. The van der Waals surface area contributed by atoms with Gasteiger partial charge in [-0.2, -0.15) is 0 Å². The van der Waals surface area contributed by atoms with Gasteiger partial charge in [-0.25, -0.2) is 21.2 Å². The Morgan fingerprint density at radius 3 is 2.45 bits per heavy atom. The first-order valence-electron chi connectivity index (χ1n) is 8.54. The highest BCUT2D eigenvalue weighted by molar-refractivity contribution is 7.92. The summed E-state index contributed by atoms with van der Waals surface area (Å²) in [6.45, 7) is 0. The molecule has 1 saturated heterocycles. The van der Waals surface area contributed by atoms with Crippen molar-refractivity contribution in [3.05, 3.63) is 58.9 Å². The number of hydrogen-bond donors (Lipinski definition) is 1. The topological polar surface area (TPSA) is 101 Å². The van der Waals surface area contributed by atoms with Gasteiger partial charge in [0.05, 0.1) is 27.1 Å². The minimum absolute atomic E-state index is 0.0192. The Hall–Kier alpha value is -2.17. The van der Waals surface area contributed by atoms with E-state index in [1.807, 2.05) is 0 Å². The summed E-state index contributed by atoms with van der Waals surface area (Å²) in [6, 6.07) is 7.89. The van der Waals surface area contributed by atoms with Crippen molar-refractivity contribution in [2.24, 2.45) is 0 Å². The number of anilines is 1. The van der Waals surface area contributed by atoms with Crippen LogP contribution in [0.4, 0.5) is 10.1 Å². The van der Waals surface area contributed by atoms with E-state index in [1.165, 1.54) is 30.1 Å². The summed E-state index contributed by atoms with van der Waals surface area (Å²) in [5.41, 5.74) is 0.132. The van der Waals surface area contributed by atoms with Crippen LogP contribution in [0.25, 0.3) is 0 Å². The zero-order valence-electron chi connectivity index (χ0n) is 15.3. The van der Waals surface area contributed by atoms with Crippen molar-refractivity contribution in [2.75, 3.05) is 23.3 Å². The van der Waals surface area contributed by atoms with Gasteiger partial charge in [0.1, 0.15) is 5.82 Å². The van der Waals surface area contributed by atoms with E-state index >= 15 is 0 Å². The van der Waals surface area contributed by atoms with Crippen LogP contribution in [0.15, 0.2) is 47.4 Å². The summed E-state index contributed by atoms with van der Waals surface area (Å²) in [4.78, 5) is 13.9. The molecule has 11 heteroatoms. The van der Waals surface area contributed by atoms with E-state index in [0.29, 0.717) is 6.42 Å². The van der Waals surface area contributed by atoms with Crippen molar-refractivity contribution in [2.45, 2.75) is 17.4 Å². The number of sulfone groups is 1. The first kappa shape index (κ1) is 21.5. The molecule has 1 aliphatic heterocycles. The van der Waals surface area contributed by atoms with Gasteiger partial charge in [-0.15, -0.1) is 0 Å². The van der Waals surface area contributed by atoms with Crippen LogP contribution in [0.2, 0.25) is 5.02 Å². The standard InChI is InChI=1S/C18H18ClFN2O5S2/c1-22(14-8-9-28(24,25)11-14)18(23)12-2-7-16(19)17(10-12)21-29(26,27)15-5-3-13(20)4-6-15/h2-7,10,14,21H,8-9,11H2,1H3/t14-/m1/s1. The number of halogens is 2. The lowest BCUT2D eigenvalue weighted by Gasteiger charge is -2.23. The van der Waals surface area contributed by atoms with Crippen LogP contribution in [0.5, 0.6) is 0 Å². The van der Waals surface area contributed by atoms with E-state index in [4.69, 9.17) is 11.6 Å². The maximum Gasteiger partial charge on any atom is 0.261 e. The van der Waals surface area contributed by atoms with Crippen LogP contribution in [0.3, 0.4) is 0 Å². The number of amides is 1. The number of nitrogens with zero attached hydrogens (tertiary/aromatic N) is 1. The molecule has 3 rings (SSSR count). The fourth-order valence-electron chi connectivity index (χ4n) is 3.00. The predicted octanol–water partition coefficient (Wildman–Crippen LogP) is 2.54. The molecule has 1 atom stereocenters. The first-order valence-corrected chi connectivity index (χ1v) is 12.2. The second kappa shape index (κ2) is 7.92. The molecule has 1 aliphatic rings. The van der Waals surface area contributed by atoms with Crippen LogP contribution >= 0.6 is 11.6 Å². The van der Waals surface area contributed by atoms with Gasteiger partial charge in [-0.05, 0) is 48.9 Å². The zero-order chi connectivity index (χ0) is 21.4. The van der Waals surface area contributed by atoms with Gasteiger partial charge in [0, 0.05) is 18.7 Å². The molecule has 0 saturated carbocycles. The lowest BCUT2D eigenvalue weighted by atomic mass is 10.1. The summed E-state index contributed by atoms with van der Waals surface area (Å²) >= 11 is 6.07. The van der Waals surface area contributed by atoms with Gasteiger partial charge in [0.15, 0.2) is 9.84 Å². The summed E-state index contributed by atoms with van der Waals surface area (Å²) < 4.78 is 63.7. The quantitative estimate of drug-likeness (QED) is 0.739. The van der Waals surface area contributed by atoms with Gasteiger partial charge in [0.25, 0.3) is 15.9 Å². The molecule has 29 heavy (non-hydrogen) atoms. The minimum atomic E-state index is -4.05. The second-order valence-corrected chi connectivity index (χ2v) is 11.0. The number of sulfonamides is 1. The summed E-state index contributed by atoms with van der Waals surface area (Å²) in [7, 11) is -5.71. The maximum atomic E-state index is 13.0. The Morgan fingerprint density at radius 1 is 1.21 bits per heavy atom. The summed E-state index contributed by atoms with van der Waals surface area (Å²) in [6.07, 6.45) is 0.349. The fourth-order valence-corrected chi connectivity index (χ4v) is 6.07. The molecule has 156 valence electrons. The molecule has 0 bridgehead atoms. The van der Waals surface area contributed by atoms with Crippen LogP contribution < -0.4 is 4.72 Å². The van der Waals surface area contributed by atoms with E-state index in [1.54, 1.807) is 0 Å². The van der Waals surface area contributed by atoms with Gasteiger partial charge in [-0.1, -0.05) is 11.6 Å². The van der Waals surface area contributed by atoms with Crippen molar-refractivity contribution >= 4 is 43.1 Å². The highest BCUT2D eigenvalue weighted by atomic mass is 35.5. The second-order valence-electron chi connectivity index (χ2n) is 6.73. The molecule has 0 radical (unpaired) electrons. The molecule has 1 fully saturated rings. The Balaban J connectivity index is 1.84. The van der Waals surface area contributed by atoms with Gasteiger partial charge >= 0.3 is 0 Å². The normalized spacial score (nSPS) is 18.4. The van der Waals surface area contributed by atoms with Gasteiger partial charge in [0.2, 0.25) is 0 Å². The highest BCUT2D eigenvalue weighted by Gasteiger charge is 2.33. The van der Waals surface area contributed by atoms with E-state index in [0.717, 1.165) is 24.3 Å². The fraction of sp³-hybridized carbons (Fsp3) is 0.278. The third kappa shape index (κ3) is 4.88. The maximum absolute atomic E-state index is 13.0. The van der Waals surface area contributed by atoms with Crippen LogP contribution in [-0.4, -0.2) is 52.2 Å². The SMILES string of the molecule is CN(C(=O)c1ccc(Cl)c(NS(=O)(=O)c2ccc(F)cc2)c1)[C@@H]1CCS(=O)(=O)C1. The van der Waals surface area contributed by atoms with Gasteiger partial charge < -0.3 is 4.90 Å². The van der Waals surface area contributed by atoms with E-state index < -0.39 is 37.6 Å². The lowest BCUT2D eigenvalue weighted by molar-refractivity contribution is 0.0747. The number of carbonyl (C=O) groups excluding carboxylic acids is 1. The van der Waals surface area contributed by atoms with E-state index in [2.05, 4.69) is 4.72 Å². The summed E-state index contributed by atoms with van der Waals surface area (Å²) in [5, 5.41) is 0.0679. The van der Waals surface area contributed by atoms with E-state index in [9.17, 15) is 26.0 Å². The Labute approximate surface area is 173 Å². The van der Waals surface area contributed by atoms with Crippen molar-refractivity contribution in [3.8, 4) is 0 Å². The largest absolute Gasteiger partial charge is 0.338 e. The Morgan fingerprint density at radius 2 is 1.86 bits per heavy atom. The molecule has 0 unspecified atom stereocenters. The lowest BCUT2D eigenvalue weighted by Crippen LogP contribution is -2.37. The average Bonchev–Trinajstić information content (AvgIpc) is 3.02. The highest BCUT2D eigenvalue weighted by Crippen LogP contribution is 2.27. The monoisotopic (exact) mass is 460 g/mol. The number of nitrogens with one attached hydrogen (secondary N) is 1. The predicted molar refractivity (Wildman–Crippen MR) is 108 cm³/mol. The molecule has 2 aromatic rings. The van der Waals surface area contributed by atoms with Crippen molar-refractivity contribution in [3.63, 3.8) is 0 Å². The Bertz CT molecular complexity index is 1150.